The monoisotopic (exact) mass is 269 g/mol. The molecule has 0 radical (unpaired) electrons. The molecule has 1 aromatic heterocycles. The van der Waals surface area contributed by atoms with Crippen LogP contribution >= 0.6 is 23.2 Å². The Kier molecular flexibility index (Phi) is 4.05. The predicted molar refractivity (Wildman–Crippen MR) is 71.0 cm³/mol. The van der Waals surface area contributed by atoms with Gasteiger partial charge in [-0.3, -0.25) is 0 Å². The molecule has 0 amide bonds. The van der Waals surface area contributed by atoms with E-state index in [4.69, 9.17) is 23.2 Å². The highest BCUT2D eigenvalue weighted by Gasteiger charge is 2.06. The van der Waals surface area contributed by atoms with Gasteiger partial charge in [-0.15, -0.1) is 0 Å². The van der Waals surface area contributed by atoms with Gasteiger partial charge in [0, 0.05) is 17.8 Å². The van der Waals surface area contributed by atoms with Crippen molar-refractivity contribution in [2.75, 3.05) is 6.54 Å². The number of hydrogen-bond donors (Lipinski definition) is 1. The first-order valence-electron chi connectivity index (χ1n) is 5.40. The molecule has 0 saturated carbocycles. The number of aromatic nitrogens is 2. The molecule has 0 spiro atoms. The first kappa shape index (κ1) is 12.4. The molecule has 0 unspecified atom stereocenters. The number of rotatable bonds is 4. The molecule has 90 valence electrons. The van der Waals surface area contributed by atoms with Gasteiger partial charge in [0.25, 0.3) is 0 Å². The Labute approximate surface area is 110 Å². The molecule has 0 aliphatic heterocycles. The van der Waals surface area contributed by atoms with Gasteiger partial charge in [-0.1, -0.05) is 36.2 Å². The summed E-state index contributed by atoms with van der Waals surface area (Å²) in [7, 11) is 0. The third-order valence-electron chi connectivity index (χ3n) is 2.41. The number of halogens is 2. The Morgan fingerprint density at radius 3 is 2.76 bits per heavy atom. The lowest BCUT2D eigenvalue weighted by Gasteiger charge is -2.10. The van der Waals surface area contributed by atoms with Crippen molar-refractivity contribution in [1.82, 2.24) is 15.1 Å². The van der Waals surface area contributed by atoms with Crippen LogP contribution in [0, 0.1) is 0 Å². The lowest BCUT2D eigenvalue weighted by atomic mass is 10.2. The Hall–Kier alpha value is -1.03. The molecule has 0 bridgehead atoms. The second-order valence-electron chi connectivity index (χ2n) is 3.66. The topological polar surface area (TPSA) is 29.9 Å². The molecule has 1 heterocycles. The minimum atomic E-state index is 0.611. The number of nitrogens with one attached hydrogen (secondary N) is 1. The highest BCUT2D eigenvalue weighted by Crippen LogP contribution is 2.21. The van der Waals surface area contributed by atoms with E-state index in [2.05, 4.69) is 17.3 Å². The van der Waals surface area contributed by atoms with Crippen molar-refractivity contribution in [3.63, 3.8) is 0 Å². The average Bonchev–Trinajstić information content (AvgIpc) is 2.74. The Balaban J connectivity index is 2.39. The maximum Gasteiger partial charge on any atom is 0.0790 e. The zero-order valence-electron chi connectivity index (χ0n) is 9.45. The maximum atomic E-state index is 6.01. The lowest BCUT2D eigenvalue weighted by Crippen LogP contribution is -2.14. The minimum Gasteiger partial charge on any atom is -0.313 e. The predicted octanol–water partition coefficient (Wildman–Crippen LogP) is 3.29. The zero-order chi connectivity index (χ0) is 12.3. The van der Waals surface area contributed by atoms with Crippen LogP contribution in [0.1, 0.15) is 12.5 Å². The molecule has 0 aliphatic rings. The molecular formula is C12H13Cl2N3. The third kappa shape index (κ3) is 3.00. The number of benzene rings is 1. The second kappa shape index (κ2) is 5.54. The van der Waals surface area contributed by atoms with Crippen molar-refractivity contribution in [2.45, 2.75) is 13.5 Å². The molecule has 17 heavy (non-hydrogen) atoms. The molecule has 3 nitrogen and oxygen atoms in total. The fourth-order valence-electron chi connectivity index (χ4n) is 1.59. The van der Waals surface area contributed by atoms with Crippen molar-refractivity contribution in [1.29, 1.82) is 0 Å². The van der Waals surface area contributed by atoms with Crippen molar-refractivity contribution in [3.05, 3.63) is 46.2 Å². The SMILES string of the molecule is CCNCc1ccc(Cl)cc1-n1cc(Cl)cn1. The summed E-state index contributed by atoms with van der Waals surface area (Å²) in [5.74, 6) is 0. The first-order valence-corrected chi connectivity index (χ1v) is 6.16. The van der Waals surface area contributed by atoms with E-state index in [1.54, 1.807) is 17.1 Å². The van der Waals surface area contributed by atoms with Gasteiger partial charge in [-0.05, 0) is 24.2 Å². The van der Waals surface area contributed by atoms with Gasteiger partial charge in [0.1, 0.15) is 0 Å². The van der Waals surface area contributed by atoms with Crippen LogP contribution < -0.4 is 5.32 Å². The molecule has 0 aliphatic carbocycles. The van der Waals surface area contributed by atoms with Gasteiger partial charge in [-0.2, -0.15) is 5.10 Å². The van der Waals surface area contributed by atoms with Gasteiger partial charge >= 0.3 is 0 Å². The van der Waals surface area contributed by atoms with E-state index in [1.165, 1.54) is 0 Å². The van der Waals surface area contributed by atoms with Gasteiger partial charge in [-0.25, -0.2) is 4.68 Å². The Morgan fingerprint density at radius 1 is 1.29 bits per heavy atom. The standard InChI is InChI=1S/C12H13Cl2N3/c1-2-15-6-9-3-4-10(13)5-12(9)17-8-11(14)7-16-17/h3-5,7-8,15H,2,6H2,1H3. The highest BCUT2D eigenvalue weighted by molar-refractivity contribution is 6.31. The molecule has 2 rings (SSSR count). The minimum absolute atomic E-state index is 0.611. The van der Waals surface area contributed by atoms with Crippen LogP contribution in [0.3, 0.4) is 0 Å². The Morgan fingerprint density at radius 2 is 2.12 bits per heavy atom. The smallest absolute Gasteiger partial charge is 0.0790 e. The van der Waals surface area contributed by atoms with E-state index in [0.717, 1.165) is 24.3 Å². The fourth-order valence-corrected chi connectivity index (χ4v) is 1.89. The molecule has 0 fully saturated rings. The summed E-state index contributed by atoms with van der Waals surface area (Å²) in [6.07, 6.45) is 3.38. The molecule has 2 aromatic rings. The summed E-state index contributed by atoms with van der Waals surface area (Å²) in [4.78, 5) is 0. The maximum absolute atomic E-state index is 6.01. The van der Waals surface area contributed by atoms with Gasteiger partial charge in [0.2, 0.25) is 0 Å². The summed E-state index contributed by atoms with van der Waals surface area (Å²) in [5.41, 5.74) is 2.08. The van der Waals surface area contributed by atoms with Crippen LogP contribution in [-0.2, 0) is 6.54 Å². The molecule has 0 atom stereocenters. The lowest BCUT2D eigenvalue weighted by molar-refractivity contribution is 0.717. The third-order valence-corrected chi connectivity index (χ3v) is 2.84. The van der Waals surface area contributed by atoms with Crippen molar-refractivity contribution in [2.24, 2.45) is 0 Å². The van der Waals surface area contributed by atoms with Crippen LogP contribution in [0.5, 0.6) is 0 Å². The first-order chi connectivity index (χ1) is 8.20. The molecule has 0 saturated heterocycles. The van der Waals surface area contributed by atoms with E-state index in [1.807, 2.05) is 18.2 Å². The normalized spacial score (nSPS) is 10.8. The van der Waals surface area contributed by atoms with Crippen molar-refractivity contribution in [3.8, 4) is 5.69 Å². The van der Waals surface area contributed by atoms with E-state index in [-0.39, 0.29) is 0 Å². The van der Waals surface area contributed by atoms with E-state index < -0.39 is 0 Å². The summed E-state index contributed by atoms with van der Waals surface area (Å²) in [6.45, 7) is 3.77. The average molecular weight is 270 g/mol. The Bertz CT molecular complexity index is 508. The van der Waals surface area contributed by atoms with Gasteiger partial charge in [0.15, 0.2) is 0 Å². The van der Waals surface area contributed by atoms with Crippen LogP contribution in [0.4, 0.5) is 0 Å². The summed E-state index contributed by atoms with van der Waals surface area (Å²) < 4.78 is 1.74. The van der Waals surface area contributed by atoms with Gasteiger partial charge in [0.05, 0.1) is 16.9 Å². The molecule has 1 N–H and O–H groups in total. The number of nitrogens with zero attached hydrogens (tertiary/aromatic N) is 2. The quantitative estimate of drug-likeness (QED) is 0.923. The number of hydrogen-bond acceptors (Lipinski definition) is 2. The fraction of sp³-hybridized carbons (Fsp3) is 0.250. The van der Waals surface area contributed by atoms with Crippen LogP contribution in [-0.4, -0.2) is 16.3 Å². The zero-order valence-corrected chi connectivity index (χ0v) is 11.0. The largest absolute Gasteiger partial charge is 0.313 e. The summed E-state index contributed by atoms with van der Waals surface area (Å²) in [5, 5.41) is 8.78. The van der Waals surface area contributed by atoms with Crippen molar-refractivity contribution < 1.29 is 0 Å². The molecule has 1 aromatic carbocycles. The van der Waals surface area contributed by atoms with Crippen LogP contribution in [0.2, 0.25) is 10.0 Å². The molecule has 5 heteroatoms. The second-order valence-corrected chi connectivity index (χ2v) is 4.53. The van der Waals surface area contributed by atoms with Crippen LogP contribution in [0.25, 0.3) is 5.69 Å². The van der Waals surface area contributed by atoms with Gasteiger partial charge < -0.3 is 5.32 Å². The summed E-state index contributed by atoms with van der Waals surface area (Å²) in [6, 6.07) is 5.76. The van der Waals surface area contributed by atoms with Crippen molar-refractivity contribution >= 4 is 23.2 Å². The van der Waals surface area contributed by atoms with Crippen LogP contribution in [0.15, 0.2) is 30.6 Å². The van der Waals surface area contributed by atoms with E-state index >= 15 is 0 Å². The van der Waals surface area contributed by atoms with E-state index in [0.29, 0.717) is 10.0 Å². The highest BCUT2D eigenvalue weighted by atomic mass is 35.5. The van der Waals surface area contributed by atoms with E-state index in [9.17, 15) is 0 Å². The summed E-state index contributed by atoms with van der Waals surface area (Å²) >= 11 is 11.9. The molecular weight excluding hydrogens is 257 g/mol.